The lowest BCUT2D eigenvalue weighted by Gasteiger charge is -2.09. The molecule has 1 N–H and O–H groups in total. The molecule has 0 aliphatic heterocycles. The number of ketones is 1. The van der Waals surface area contributed by atoms with Crippen molar-refractivity contribution >= 4 is 5.78 Å². The van der Waals surface area contributed by atoms with E-state index in [1.165, 1.54) is 18.4 Å². The van der Waals surface area contributed by atoms with Crippen LogP contribution in [-0.2, 0) is 6.54 Å². The van der Waals surface area contributed by atoms with Gasteiger partial charge >= 0.3 is 0 Å². The van der Waals surface area contributed by atoms with Gasteiger partial charge < -0.3 is 5.32 Å². The van der Waals surface area contributed by atoms with Gasteiger partial charge in [-0.1, -0.05) is 31.0 Å². The molecular weight excluding hydrogens is 198 g/mol. The van der Waals surface area contributed by atoms with E-state index in [9.17, 15) is 4.79 Å². The molecule has 0 radical (unpaired) electrons. The van der Waals surface area contributed by atoms with E-state index < -0.39 is 0 Å². The number of carbonyl (C=O) groups is 1. The Morgan fingerprint density at radius 1 is 1.38 bits per heavy atom. The summed E-state index contributed by atoms with van der Waals surface area (Å²) in [4.78, 5) is 12.2. The first kappa shape index (κ1) is 11.3. The second kappa shape index (κ2) is 5.26. The van der Waals surface area contributed by atoms with Crippen molar-refractivity contribution in [2.45, 2.75) is 32.2 Å². The van der Waals surface area contributed by atoms with Gasteiger partial charge in [-0.15, -0.1) is 0 Å². The number of carbonyl (C=O) groups excluding carboxylic acids is 1. The van der Waals surface area contributed by atoms with Crippen molar-refractivity contribution < 1.29 is 4.79 Å². The molecule has 1 saturated carbocycles. The van der Waals surface area contributed by atoms with Gasteiger partial charge in [0.2, 0.25) is 0 Å². The standard InChI is InChI=1S/C14H19NO/c1-15-10-11-5-4-8-13(9-11)14(16)12-6-2-3-7-12/h4-5,8-9,12,15H,2-3,6-7,10H2,1H3. The summed E-state index contributed by atoms with van der Waals surface area (Å²) in [6, 6.07) is 8.01. The first-order chi connectivity index (χ1) is 7.81. The van der Waals surface area contributed by atoms with Crippen LogP contribution in [0.1, 0.15) is 41.6 Å². The molecule has 0 saturated heterocycles. The molecule has 1 fully saturated rings. The summed E-state index contributed by atoms with van der Waals surface area (Å²) in [7, 11) is 1.92. The molecule has 1 aromatic rings. The zero-order chi connectivity index (χ0) is 11.4. The number of benzene rings is 1. The largest absolute Gasteiger partial charge is 0.316 e. The van der Waals surface area contributed by atoms with Crippen LogP contribution in [0.15, 0.2) is 24.3 Å². The Hall–Kier alpha value is -1.15. The maximum atomic E-state index is 12.2. The predicted octanol–water partition coefficient (Wildman–Crippen LogP) is 2.78. The summed E-state index contributed by atoms with van der Waals surface area (Å²) in [6.45, 7) is 0.825. The molecule has 1 aliphatic carbocycles. The summed E-state index contributed by atoms with van der Waals surface area (Å²) < 4.78 is 0. The maximum Gasteiger partial charge on any atom is 0.165 e. The fraction of sp³-hybridized carbons (Fsp3) is 0.500. The lowest BCUT2D eigenvalue weighted by molar-refractivity contribution is 0.0923. The van der Waals surface area contributed by atoms with Crippen molar-refractivity contribution in [3.63, 3.8) is 0 Å². The van der Waals surface area contributed by atoms with Crippen LogP contribution in [0.4, 0.5) is 0 Å². The number of hydrogen-bond acceptors (Lipinski definition) is 2. The maximum absolute atomic E-state index is 12.2. The minimum atomic E-state index is 0.282. The molecule has 86 valence electrons. The monoisotopic (exact) mass is 217 g/mol. The first-order valence-electron chi connectivity index (χ1n) is 6.09. The Bertz CT molecular complexity index is 367. The minimum Gasteiger partial charge on any atom is -0.316 e. The number of hydrogen-bond donors (Lipinski definition) is 1. The highest BCUT2D eigenvalue weighted by Crippen LogP contribution is 2.28. The summed E-state index contributed by atoms with van der Waals surface area (Å²) in [5.74, 6) is 0.625. The lowest BCUT2D eigenvalue weighted by Crippen LogP contribution is -2.12. The highest BCUT2D eigenvalue weighted by atomic mass is 16.1. The number of nitrogens with one attached hydrogen (secondary N) is 1. The Kier molecular flexibility index (Phi) is 3.73. The molecule has 1 aliphatic rings. The summed E-state index contributed by atoms with van der Waals surface area (Å²) >= 11 is 0. The average Bonchev–Trinajstić information content (AvgIpc) is 2.82. The van der Waals surface area contributed by atoms with E-state index in [0.717, 1.165) is 24.9 Å². The topological polar surface area (TPSA) is 29.1 Å². The van der Waals surface area contributed by atoms with E-state index in [1.807, 2.05) is 25.2 Å². The average molecular weight is 217 g/mol. The molecule has 16 heavy (non-hydrogen) atoms. The van der Waals surface area contributed by atoms with Gasteiger partial charge in [0.05, 0.1) is 0 Å². The van der Waals surface area contributed by atoms with Gasteiger partial charge in [0.25, 0.3) is 0 Å². The third-order valence-electron chi connectivity index (χ3n) is 3.32. The van der Waals surface area contributed by atoms with Crippen LogP contribution in [0.3, 0.4) is 0 Å². The SMILES string of the molecule is CNCc1cccc(C(=O)C2CCCC2)c1. The molecule has 2 rings (SSSR count). The lowest BCUT2D eigenvalue weighted by atomic mass is 9.95. The van der Waals surface area contributed by atoms with Gasteiger partial charge in [-0.2, -0.15) is 0 Å². The highest BCUT2D eigenvalue weighted by molar-refractivity contribution is 5.98. The second-order valence-electron chi connectivity index (χ2n) is 4.58. The van der Waals surface area contributed by atoms with E-state index in [-0.39, 0.29) is 5.92 Å². The highest BCUT2D eigenvalue weighted by Gasteiger charge is 2.23. The molecular formula is C14H19NO. The molecule has 0 atom stereocenters. The van der Waals surface area contributed by atoms with Crippen LogP contribution in [0.25, 0.3) is 0 Å². The van der Waals surface area contributed by atoms with Crippen LogP contribution in [0.2, 0.25) is 0 Å². The zero-order valence-electron chi connectivity index (χ0n) is 9.83. The van der Waals surface area contributed by atoms with Gasteiger partial charge in [-0.05, 0) is 31.5 Å². The third kappa shape index (κ3) is 2.50. The minimum absolute atomic E-state index is 0.282. The molecule has 2 heteroatoms. The van der Waals surface area contributed by atoms with Gasteiger partial charge in [-0.3, -0.25) is 4.79 Å². The quantitative estimate of drug-likeness (QED) is 0.786. The number of rotatable bonds is 4. The summed E-state index contributed by atoms with van der Waals surface area (Å²) in [6.07, 6.45) is 4.59. The van der Waals surface area contributed by atoms with E-state index in [0.29, 0.717) is 5.78 Å². The zero-order valence-corrected chi connectivity index (χ0v) is 9.83. The second-order valence-corrected chi connectivity index (χ2v) is 4.58. The normalized spacial score (nSPS) is 16.6. The third-order valence-corrected chi connectivity index (χ3v) is 3.32. The van der Waals surface area contributed by atoms with Crippen molar-refractivity contribution in [1.29, 1.82) is 0 Å². The molecule has 0 unspecified atom stereocenters. The van der Waals surface area contributed by atoms with Crippen LogP contribution in [-0.4, -0.2) is 12.8 Å². The molecule has 0 amide bonds. The summed E-state index contributed by atoms with van der Waals surface area (Å²) in [5.41, 5.74) is 2.07. The molecule has 0 heterocycles. The van der Waals surface area contributed by atoms with Crippen molar-refractivity contribution in [3.8, 4) is 0 Å². The van der Waals surface area contributed by atoms with Crippen molar-refractivity contribution in [3.05, 3.63) is 35.4 Å². The molecule has 1 aromatic carbocycles. The van der Waals surface area contributed by atoms with Crippen molar-refractivity contribution in [2.24, 2.45) is 5.92 Å². The first-order valence-corrected chi connectivity index (χ1v) is 6.09. The van der Waals surface area contributed by atoms with E-state index in [2.05, 4.69) is 11.4 Å². The Morgan fingerprint density at radius 2 is 2.12 bits per heavy atom. The van der Waals surface area contributed by atoms with E-state index >= 15 is 0 Å². The smallest absolute Gasteiger partial charge is 0.165 e. The van der Waals surface area contributed by atoms with Gasteiger partial charge in [0.1, 0.15) is 0 Å². The van der Waals surface area contributed by atoms with Gasteiger partial charge in [0.15, 0.2) is 5.78 Å². The van der Waals surface area contributed by atoms with Gasteiger partial charge in [-0.25, -0.2) is 0 Å². The van der Waals surface area contributed by atoms with Crippen LogP contribution in [0, 0.1) is 5.92 Å². The molecule has 0 bridgehead atoms. The number of Topliss-reactive ketones (excluding diaryl/α,β-unsaturated/α-hetero) is 1. The summed E-state index contributed by atoms with van der Waals surface area (Å²) in [5, 5.41) is 3.11. The van der Waals surface area contributed by atoms with Crippen molar-refractivity contribution in [1.82, 2.24) is 5.32 Å². The van der Waals surface area contributed by atoms with Crippen molar-refractivity contribution in [2.75, 3.05) is 7.05 Å². The Balaban J connectivity index is 2.12. The fourth-order valence-corrected chi connectivity index (χ4v) is 2.46. The van der Waals surface area contributed by atoms with Crippen LogP contribution in [0.5, 0.6) is 0 Å². The van der Waals surface area contributed by atoms with Crippen LogP contribution >= 0.6 is 0 Å². The van der Waals surface area contributed by atoms with Crippen LogP contribution < -0.4 is 5.32 Å². The predicted molar refractivity (Wildman–Crippen MR) is 65.5 cm³/mol. The molecule has 0 aromatic heterocycles. The van der Waals surface area contributed by atoms with Gasteiger partial charge in [0, 0.05) is 18.0 Å². The fourth-order valence-electron chi connectivity index (χ4n) is 2.46. The Labute approximate surface area is 97.1 Å². The molecule has 2 nitrogen and oxygen atoms in total. The Morgan fingerprint density at radius 3 is 2.81 bits per heavy atom. The van der Waals surface area contributed by atoms with E-state index in [4.69, 9.17) is 0 Å². The molecule has 0 spiro atoms. The van der Waals surface area contributed by atoms with E-state index in [1.54, 1.807) is 0 Å².